The van der Waals surface area contributed by atoms with Crippen LogP contribution in [0.5, 0.6) is 0 Å². The molecule has 0 aliphatic rings. The summed E-state index contributed by atoms with van der Waals surface area (Å²) in [6, 6.07) is 0. The van der Waals surface area contributed by atoms with Gasteiger partial charge in [0.15, 0.2) is 23.3 Å². The molecule has 0 aliphatic carbocycles. The zero-order valence-corrected chi connectivity index (χ0v) is 8.08. The van der Waals surface area contributed by atoms with E-state index in [1.807, 2.05) is 5.92 Å². The van der Waals surface area contributed by atoms with Gasteiger partial charge in [-0.3, -0.25) is 4.79 Å². The van der Waals surface area contributed by atoms with E-state index >= 15 is 0 Å². The molecule has 1 aromatic carbocycles. The second-order valence-corrected chi connectivity index (χ2v) is 2.83. The van der Waals surface area contributed by atoms with Crippen LogP contribution < -0.4 is 5.32 Å². The highest BCUT2D eigenvalue weighted by atomic mass is 19.2. The lowest BCUT2D eigenvalue weighted by Gasteiger charge is -2.07. The predicted octanol–water partition coefficient (Wildman–Crippen LogP) is 1.75. The summed E-state index contributed by atoms with van der Waals surface area (Å²) in [7, 11) is 0. The molecule has 17 heavy (non-hydrogen) atoms. The van der Waals surface area contributed by atoms with Gasteiger partial charge in [0.1, 0.15) is 5.56 Å². The van der Waals surface area contributed by atoms with Crippen molar-refractivity contribution in [2.45, 2.75) is 0 Å². The molecule has 0 radical (unpaired) electrons. The van der Waals surface area contributed by atoms with Crippen LogP contribution in [0, 0.1) is 41.4 Å². The molecule has 1 rings (SSSR count). The quantitative estimate of drug-likeness (QED) is 0.368. The van der Waals surface area contributed by atoms with Crippen molar-refractivity contribution < 1.29 is 26.7 Å². The van der Waals surface area contributed by atoms with E-state index in [4.69, 9.17) is 6.42 Å². The number of halogens is 5. The second-order valence-electron chi connectivity index (χ2n) is 2.83. The van der Waals surface area contributed by atoms with Crippen molar-refractivity contribution in [1.82, 2.24) is 5.32 Å². The third kappa shape index (κ3) is 2.20. The van der Waals surface area contributed by atoms with E-state index in [0.29, 0.717) is 0 Å². The van der Waals surface area contributed by atoms with Gasteiger partial charge in [0, 0.05) is 0 Å². The Balaban J connectivity index is 3.35. The largest absolute Gasteiger partial charge is 0.341 e. The molecule has 0 atom stereocenters. The highest BCUT2D eigenvalue weighted by Crippen LogP contribution is 2.22. The van der Waals surface area contributed by atoms with Crippen LogP contribution in [-0.4, -0.2) is 12.5 Å². The molecule has 0 aliphatic heterocycles. The summed E-state index contributed by atoms with van der Waals surface area (Å²) in [4.78, 5) is 11.1. The zero-order valence-electron chi connectivity index (χ0n) is 8.08. The highest BCUT2D eigenvalue weighted by Gasteiger charge is 2.29. The molecule has 90 valence electrons. The molecule has 0 bridgehead atoms. The number of nitrogens with one attached hydrogen (secondary N) is 1. The van der Waals surface area contributed by atoms with Gasteiger partial charge in [0.05, 0.1) is 6.54 Å². The predicted molar refractivity (Wildman–Crippen MR) is 47.4 cm³/mol. The summed E-state index contributed by atoms with van der Waals surface area (Å²) < 4.78 is 64.1. The van der Waals surface area contributed by atoms with Crippen molar-refractivity contribution in [1.29, 1.82) is 0 Å². The van der Waals surface area contributed by atoms with E-state index in [9.17, 15) is 26.7 Å². The Morgan fingerprint density at radius 2 is 1.41 bits per heavy atom. The van der Waals surface area contributed by atoms with Crippen molar-refractivity contribution in [3.05, 3.63) is 34.6 Å². The van der Waals surface area contributed by atoms with Crippen LogP contribution in [0.25, 0.3) is 0 Å². The molecule has 0 unspecified atom stereocenters. The Hall–Kier alpha value is -2.10. The van der Waals surface area contributed by atoms with Gasteiger partial charge in [-0.2, -0.15) is 0 Å². The molecule has 0 fully saturated rings. The molecule has 1 N–H and O–H groups in total. The minimum atomic E-state index is -2.33. The first-order valence-electron chi connectivity index (χ1n) is 4.14. The number of carbonyl (C=O) groups is 1. The molecular weight excluding hydrogens is 245 g/mol. The zero-order chi connectivity index (χ0) is 13.2. The van der Waals surface area contributed by atoms with Crippen LogP contribution in [0.1, 0.15) is 10.4 Å². The first-order valence-corrected chi connectivity index (χ1v) is 4.14. The van der Waals surface area contributed by atoms with Gasteiger partial charge in [0.2, 0.25) is 5.82 Å². The number of hydrogen-bond donors (Lipinski definition) is 1. The Kier molecular flexibility index (Phi) is 3.68. The number of benzene rings is 1. The van der Waals surface area contributed by atoms with E-state index < -0.39 is 47.1 Å². The second kappa shape index (κ2) is 4.82. The minimum absolute atomic E-state index is 0.404. The fraction of sp³-hybridized carbons (Fsp3) is 0.100. The number of rotatable bonds is 2. The normalized spacial score (nSPS) is 9.88. The van der Waals surface area contributed by atoms with E-state index in [1.165, 1.54) is 0 Å². The molecule has 0 aromatic heterocycles. The summed E-state index contributed by atoms with van der Waals surface area (Å²) in [5.74, 6) is -10.7. The van der Waals surface area contributed by atoms with E-state index in [1.54, 1.807) is 5.32 Å². The summed E-state index contributed by atoms with van der Waals surface area (Å²) in [6.45, 7) is -0.404. The maximum Gasteiger partial charge on any atom is 0.258 e. The van der Waals surface area contributed by atoms with Gasteiger partial charge in [-0.15, -0.1) is 6.42 Å². The first-order chi connectivity index (χ1) is 7.91. The molecule has 0 spiro atoms. The van der Waals surface area contributed by atoms with Gasteiger partial charge in [-0.05, 0) is 0 Å². The average molecular weight is 249 g/mol. The van der Waals surface area contributed by atoms with E-state index in [2.05, 4.69) is 0 Å². The molecule has 0 saturated heterocycles. The number of carbonyl (C=O) groups excluding carboxylic acids is 1. The third-order valence-corrected chi connectivity index (χ3v) is 1.79. The van der Waals surface area contributed by atoms with E-state index in [0.717, 1.165) is 0 Å². The maximum absolute atomic E-state index is 13.0. The fourth-order valence-corrected chi connectivity index (χ4v) is 1.02. The average Bonchev–Trinajstić information content (AvgIpc) is 2.31. The lowest BCUT2D eigenvalue weighted by Crippen LogP contribution is -2.27. The monoisotopic (exact) mass is 249 g/mol. The summed E-state index contributed by atoms with van der Waals surface area (Å²) in [5.41, 5.74) is -1.56. The van der Waals surface area contributed by atoms with Crippen molar-refractivity contribution >= 4 is 5.91 Å². The smallest absolute Gasteiger partial charge is 0.258 e. The maximum atomic E-state index is 13.0. The standard InChI is InChI=1S/C10H4F5NO/c1-2-3-16-10(17)4-5(11)7(13)9(15)8(14)6(4)12/h1H,3H2,(H,16,17). The van der Waals surface area contributed by atoms with Gasteiger partial charge in [-0.1, -0.05) is 5.92 Å². The summed E-state index contributed by atoms with van der Waals surface area (Å²) >= 11 is 0. The van der Waals surface area contributed by atoms with Crippen molar-refractivity contribution in [2.75, 3.05) is 6.54 Å². The van der Waals surface area contributed by atoms with Crippen molar-refractivity contribution in [3.8, 4) is 12.3 Å². The highest BCUT2D eigenvalue weighted by molar-refractivity contribution is 5.95. The molecule has 1 aromatic rings. The Morgan fingerprint density at radius 1 is 1.00 bits per heavy atom. The van der Waals surface area contributed by atoms with Crippen molar-refractivity contribution in [2.24, 2.45) is 0 Å². The van der Waals surface area contributed by atoms with Crippen LogP contribution in [0.4, 0.5) is 22.0 Å². The molecule has 7 heteroatoms. The van der Waals surface area contributed by atoms with Crippen LogP contribution >= 0.6 is 0 Å². The lowest BCUT2D eigenvalue weighted by molar-refractivity contribution is 0.0947. The van der Waals surface area contributed by atoms with Gasteiger partial charge >= 0.3 is 0 Å². The molecule has 0 heterocycles. The van der Waals surface area contributed by atoms with Crippen LogP contribution in [0.2, 0.25) is 0 Å². The number of amides is 1. The van der Waals surface area contributed by atoms with Gasteiger partial charge in [0.25, 0.3) is 5.91 Å². The number of terminal acetylenes is 1. The Bertz CT molecular complexity index is 491. The molecule has 0 saturated carbocycles. The third-order valence-electron chi connectivity index (χ3n) is 1.79. The summed E-state index contributed by atoms with van der Waals surface area (Å²) in [5, 5.41) is 1.79. The van der Waals surface area contributed by atoms with Gasteiger partial charge in [-0.25, -0.2) is 22.0 Å². The molecule has 2 nitrogen and oxygen atoms in total. The summed E-state index contributed by atoms with van der Waals surface area (Å²) in [6.07, 6.45) is 4.75. The van der Waals surface area contributed by atoms with Gasteiger partial charge < -0.3 is 5.32 Å². The van der Waals surface area contributed by atoms with E-state index in [-0.39, 0.29) is 0 Å². The van der Waals surface area contributed by atoms with Crippen LogP contribution in [0.3, 0.4) is 0 Å². The molecule has 1 amide bonds. The van der Waals surface area contributed by atoms with Crippen LogP contribution in [-0.2, 0) is 0 Å². The Morgan fingerprint density at radius 3 is 1.82 bits per heavy atom. The SMILES string of the molecule is C#CCNC(=O)c1c(F)c(F)c(F)c(F)c1F. The van der Waals surface area contributed by atoms with Crippen molar-refractivity contribution in [3.63, 3.8) is 0 Å². The lowest BCUT2D eigenvalue weighted by atomic mass is 10.1. The fourth-order valence-electron chi connectivity index (χ4n) is 1.02. The Labute approximate surface area is 92.4 Å². The minimum Gasteiger partial charge on any atom is -0.341 e. The molecular formula is C10H4F5NO. The topological polar surface area (TPSA) is 29.1 Å². The first kappa shape index (κ1) is 13.0. The van der Waals surface area contributed by atoms with Crippen LogP contribution in [0.15, 0.2) is 0 Å². The number of hydrogen-bond acceptors (Lipinski definition) is 1.